The maximum atomic E-state index is 13.4. The lowest BCUT2D eigenvalue weighted by Crippen LogP contribution is -2.76. The molecule has 13 heteroatoms. The molecule has 4 aliphatic rings. The number of rotatable bonds is 19. The molecular formula is C32H45NO12. The number of ether oxygens (including phenoxy) is 10. The van der Waals surface area contributed by atoms with Crippen LogP contribution in [0.3, 0.4) is 0 Å². The maximum absolute atomic E-state index is 13.4. The molecule has 0 saturated carbocycles. The van der Waals surface area contributed by atoms with Crippen LogP contribution in [-0.2, 0) is 59.3 Å². The Bertz CT molecular complexity index is 1220. The summed E-state index contributed by atoms with van der Waals surface area (Å²) in [4.78, 5) is 28.6. The van der Waals surface area contributed by atoms with Crippen molar-refractivity contribution in [3.63, 3.8) is 0 Å². The highest BCUT2D eigenvalue weighted by Gasteiger charge is 2.74. The topological polar surface area (TPSA) is 130 Å². The van der Waals surface area contributed by atoms with Crippen LogP contribution in [-0.4, -0.2) is 136 Å². The lowest BCUT2D eigenvalue weighted by molar-refractivity contribution is -0.209. The SMILES string of the molecule is COCCOCCOCC(=O)OC1=CCC2(OC(=O)COCCOCCOC)[C@H]3Cc4ccc(OC)c5c4[C@@]2(CCN3C)C1O5. The molecule has 2 aliphatic heterocycles. The summed E-state index contributed by atoms with van der Waals surface area (Å²) in [6.45, 7) is 3.30. The summed E-state index contributed by atoms with van der Waals surface area (Å²) >= 11 is 0. The van der Waals surface area contributed by atoms with Crippen molar-refractivity contribution >= 4 is 11.9 Å². The van der Waals surface area contributed by atoms with E-state index in [1.165, 1.54) is 0 Å². The van der Waals surface area contributed by atoms with E-state index in [2.05, 4.69) is 18.0 Å². The van der Waals surface area contributed by atoms with Gasteiger partial charge in [0.1, 0.15) is 24.6 Å². The highest BCUT2D eigenvalue weighted by molar-refractivity contribution is 5.75. The van der Waals surface area contributed by atoms with E-state index in [1.54, 1.807) is 21.3 Å². The quantitative estimate of drug-likeness (QED) is 0.161. The first-order valence-electron chi connectivity index (χ1n) is 15.4. The number of carbonyl (C=O) groups excluding carboxylic acids is 2. The Morgan fingerprint density at radius 2 is 1.53 bits per heavy atom. The summed E-state index contributed by atoms with van der Waals surface area (Å²) in [5.74, 6) is 0.536. The molecule has 0 aromatic heterocycles. The number of piperidine rings is 1. The summed E-state index contributed by atoms with van der Waals surface area (Å²) in [7, 11) is 6.86. The smallest absolute Gasteiger partial charge is 0.337 e. The maximum Gasteiger partial charge on any atom is 0.337 e. The summed E-state index contributed by atoms with van der Waals surface area (Å²) in [6, 6.07) is 3.82. The van der Waals surface area contributed by atoms with Crippen molar-refractivity contribution in [1.29, 1.82) is 0 Å². The highest BCUT2D eigenvalue weighted by Crippen LogP contribution is 2.66. The molecule has 1 spiro atoms. The molecule has 0 radical (unpaired) electrons. The minimum atomic E-state index is -0.989. The predicted octanol–water partition coefficient (Wildman–Crippen LogP) is 1.43. The molecule has 5 rings (SSSR count). The van der Waals surface area contributed by atoms with E-state index in [4.69, 9.17) is 47.4 Å². The highest BCUT2D eigenvalue weighted by atomic mass is 16.6. The summed E-state index contributed by atoms with van der Waals surface area (Å²) in [6.07, 6.45) is 2.72. The Kier molecular flexibility index (Phi) is 11.3. The number of benzene rings is 1. The molecule has 13 nitrogen and oxygen atoms in total. The zero-order chi connectivity index (χ0) is 31.9. The molecule has 1 aromatic rings. The van der Waals surface area contributed by atoms with Crippen LogP contribution in [0.4, 0.5) is 0 Å². The molecule has 0 N–H and O–H groups in total. The zero-order valence-electron chi connectivity index (χ0n) is 26.6. The van der Waals surface area contributed by atoms with Crippen molar-refractivity contribution in [1.82, 2.24) is 4.90 Å². The monoisotopic (exact) mass is 635 g/mol. The van der Waals surface area contributed by atoms with E-state index < -0.39 is 29.1 Å². The number of nitrogens with zero attached hydrogens (tertiary/aromatic N) is 1. The zero-order valence-corrected chi connectivity index (χ0v) is 26.6. The van der Waals surface area contributed by atoms with E-state index >= 15 is 0 Å². The van der Waals surface area contributed by atoms with Crippen LogP contribution in [0.25, 0.3) is 0 Å². The van der Waals surface area contributed by atoms with Crippen molar-refractivity contribution in [2.75, 3.05) is 101 Å². The van der Waals surface area contributed by atoms with Gasteiger partial charge in [0.05, 0.1) is 71.4 Å². The van der Waals surface area contributed by atoms with Gasteiger partial charge >= 0.3 is 11.9 Å². The fourth-order valence-electron chi connectivity index (χ4n) is 7.19. The van der Waals surface area contributed by atoms with Crippen molar-refractivity contribution in [2.24, 2.45) is 0 Å². The summed E-state index contributed by atoms with van der Waals surface area (Å²) in [5.41, 5.74) is 0.269. The van der Waals surface area contributed by atoms with Crippen LogP contribution >= 0.6 is 0 Å². The summed E-state index contributed by atoms with van der Waals surface area (Å²) in [5, 5.41) is 0. The molecular weight excluding hydrogens is 590 g/mol. The molecule has 250 valence electrons. The van der Waals surface area contributed by atoms with Crippen molar-refractivity contribution in [3.05, 3.63) is 35.1 Å². The van der Waals surface area contributed by atoms with Gasteiger partial charge in [-0.25, -0.2) is 9.59 Å². The minimum absolute atomic E-state index is 0.138. The Morgan fingerprint density at radius 3 is 2.20 bits per heavy atom. The van der Waals surface area contributed by atoms with Gasteiger partial charge in [0.2, 0.25) is 0 Å². The first-order valence-corrected chi connectivity index (χ1v) is 15.4. The van der Waals surface area contributed by atoms with Crippen LogP contribution in [0, 0.1) is 0 Å². The predicted molar refractivity (Wildman–Crippen MR) is 158 cm³/mol. The molecule has 2 bridgehead atoms. The van der Waals surface area contributed by atoms with Gasteiger partial charge in [-0.15, -0.1) is 0 Å². The Hall–Kier alpha value is -2.78. The molecule has 1 saturated heterocycles. The third-order valence-electron chi connectivity index (χ3n) is 9.09. The van der Waals surface area contributed by atoms with Crippen LogP contribution in [0.2, 0.25) is 0 Å². The number of hydrogen-bond acceptors (Lipinski definition) is 13. The average molecular weight is 636 g/mol. The Labute approximate surface area is 263 Å². The van der Waals surface area contributed by atoms with Crippen LogP contribution in [0.1, 0.15) is 24.0 Å². The van der Waals surface area contributed by atoms with Gasteiger partial charge in [-0.05, 0) is 44.1 Å². The van der Waals surface area contributed by atoms with Gasteiger partial charge in [0.15, 0.2) is 17.6 Å². The van der Waals surface area contributed by atoms with Crippen LogP contribution < -0.4 is 9.47 Å². The molecule has 4 atom stereocenters. The second-order valence-corrected chi connectivity index (χ2v) is 11.5. The number of carbonyl (C=O) groups is 2. The van der Waals surface area contributed by atoms with E-state index in [9.17, 15) is 9.59 Å². The first kappa shape index (κ1) is 33.6. The molecule has 45 heavy (non-hydrogen) atoms. The number of methoxy groups -OCH3 is 3. The molecule has 2 unspecified atom stereocenters. The van der Waals surface area contributed by atoms with Crippen molar-refractivity contribution in [2.45, 2.75) is 42.4 Å². The Balaban J connectivity index is 1.36. The van der Waals surface area contributed by atoms with E-state index in [0.717, 1.165) is 17.7 Å². The molecule has 0 amide bonds. The molecule has 2 heterocycles. The lowest BCUT2D eigenvalue weighted by atomic mass is 9.50. The normalized spacial score (nSPS) is 26.1. The fraction of sp³-hybridized carbons (Fsp3) is 0.688. The number of likely N-dealkylation sites (N-methyl/N-ethyl adjacent to an activating group) is 1. The fourth-order valence-corrected chi connectivity index (χ4v) is 7.19. The average Bonchev–Trinajstić information content (AvgIpc) is 3.39. The molecule has 2 aliphatic carbocycles. The van der Waals surface area contributed by atoms with Gasteiger partial charge in [-0.3, -0.25) is 4.90 Å². The van der Waals surface area contributed by atoms with Gasteiger partial charge in [-0.1, -0.05) is 6.07 Å². The van der Waals surface area contributed by atoms with Crippen LogP contribution in [0.5, 0.6) is 11.5 Å². The number of likely N-dealkylation sites (tertiary alicyclic amines) is 1. The van der Waals surface area contributed by atoms with Gasteiger partial charge < -0.3 is 47.4 Å². The third-order valence-corrected chi connectivity index (χ3v) is 9.09. The molecule has 1 fully saturated rings. The Morgan fingerprint density at radius 1 is 0.889 bits per heavy atom. The lowest BCUT2D eigenvalue weighted by Gasteiger charge is -2.62. The van der Waals surface area contributed by atoms with E-state index in [1.807, 2.05) is 12.1 Å². The van der Waals surface area contributed by atoms with Gasteiger partial charge in [-0.2, -0.15) is 0 Å². The minimum Gasteiger partial charge on any atom is -0.493 e. The standard InChI is InChI=1S/C32H45NO12/c1-33-10-9-31-28-22-5-6-23(38-4)29(28)44-30(31)24(43-26(34)20-41-17-15-39-13-11-36-2)7-8-32(31,25(33)19-22)45-27(35)21-42-18-16-40-14-12-37-3/h5-7,25,30H,8-21H2,1-4H3/t25-,30?,31+,32?/m1/s1. The third kappa shape index (κ3) is 6.57. The largest absolute Gasteiger partial charge is 0.493 e. The number of esters is 2. The second-order valence-electron chi connectivity index (χ2n) is 11.5. The first-order chi connectivity index (χ1) is 21.9. The van der Waals surface area contributed by atoms with E-state index in [-0.39, 0.29) is 32.5 Å². The van der Waals surface area contributed by atoms with Gasteiger partial charge in [0, 0.05) is 26.2 Å². The molecule has 1 aromatic carbocycles. The van der Waals surface area contributed by atoms with Crippen molar-refractivity contribution in [3.8, 4) is 11.5 Å². The van der Waals surface area contributed by atoms with Crippen LogP contribution in [0.15, 0.2) is 24.0 Å². The number of hydrogen-bond donors (Lipinski definition) is 0. The van der Waals surface area contributed by atoms with Gasteiger partial charge in [0.25, 0.3) is 0 Å². The second kappa shape index (κ2) is 15.2. The summed E-state index contributed by atoms with van der Waals surface area (Å²) < 4.78 is 56.7. The van der Waals surface area contributed by atoms with E-state index in [0.29, 0.717) is 76.2 Å². The van der Waals surface area contributed by atoms with Crippen molar-refractivity contribution < 1.29 is 57.0 Å².